The van der Waals surface area contributed by atoms with Crippen molar-refractivity contribution in [3.63, 3.8) is 0 Å². The van der Waals surface area contributed by atoms with E-state index < -0.39 is 5.91 Å². The third-order valence-corrected chi connectivity index (χ3v) is 5.73. The molecular formula is C19H30N4O5. The maximum atomic E-state index is 12.5. The van der Waals surface area contributed by atoms with Gasteiger partial charge in [0.05, 0.1) is 13.2 Å². The highest BCUT2D eigenvalue weighted by Gasteiger charge is 2.27. The number of rotatable bonds is 8. The molecule has 2 heterocycles. The molecule has 0 spiro atoms. The number of nitrogens with zero attached hydrogens (tertiary/aromatic N) is 3. The summed E-state index contributed by atoms with van der Waals surface area (Å²) in [7, 11) is 0. The molecule has 0 bridgehead atoms. The van der Waals surface area contributed by atoms with Crippen molar-refractivity contribution in [2.45, 2.75) is 63.7 Å². The fraction of sp³-hybridized carbons (Fsp3) is 0.789. The zero-order valence-corrected chi connectivity index (χ0v) is 16.3. The number of amides is 2. The quantitative estimate of drug-likeness (QED) is 0.513. The molecule has 1 atom stereocenters. The van der Waals surface area contributed by atoms with Crippen LogP contribution >= 0.6 is 0 Å². The molecule has 2 aliphatic rings. The number of carbonyl (C=O) groups is 2. The van der Waals surface area contributed by atoms with Gasteiger partial charge in [0, 0.05) is 25.4 Å². The van der Waals surface area contributed by atoms with Crippen LogP contribution in [0.5, 0.6) is 0 Å². The second-order valence-electron chi connectivity index (χ2n) is 7.73. The first-order valence-corrected chi connectivity index (χ1v) is 10.3. The Hall–Kier alpha value is -2.00. The van der Waals surface area contributed by atoms with Crippen LogP contribution in [0.4, 0.5) is 0 Å². The van der Waals surface area contributed by atoms with Crippen molar-refractivity contribution < 1.29 is 24.1 Å². The Labute approximate surface area is 164 Å². The molecule has 0 radical (unpaired) electrons. The molecule has 1 aliphatic carbocycles. The smallest absolute Gasteiger partial charge is 0.295 e. The highest BCUT2D eigenvalue weighted by atomic mass is 16.5. The fourth-order valence-electron chi connectivity index (χ4n) is 4.11. The van der Waals surface area contributed by atoms with E-state index in [0.717, 1.165) is 18.8 Å². The topological polar surface area (TPSA) is 118 Å². The van der Waals surface area contributed by atoms with Gasteiger partial charge >= 0.3 is 0 Å². The molecule has 2 fully saturated rings. The summed E-state index contributed by atoms with van der Waals surface area (Å²) < 4.78 is 10.6. The summed E-state index contributed by atoms with van der Waals surface area (Å²) >= 11 is 0. The number of hydrogen-bond donors (Lipinski definition) is 2. The van der Waals surface area contributed by atoms with Crippen molar-refractivity contribution in [2.24, 2.45) is 5.92 Å². The summed E-state index contributed by atoms with van der Waals surface area (Å²) in [6.07, 6.45) is 9.31. The van der Waals surface area contributed by atoms with Crippen molar-refractivity contribution in [3.8, 4) is 0 Å². The van der Waals surface area contributed by atoms with Gasteiger partial charge in [-0.05, 0) is 12.3 Å². The summed E-state index contributed by atoms with van der Waals surface area (Å²) in [5.41, 5.74) is 1.67. The minimum absolute atomic E-state index is 0.0126. The molecule has 1 aromatic heterocycles. The Balaban J connectivity index is 1.59. The standard InChI is InChI=1S/C19H30N4O5/c24-16(21-26)13-15(8-4-7-14-5-2-1-3-6-14)18-20-17(22-28-18)19(25)23-9-11-27-12-10-23/h14-15,26H,1-13H2,(H,21,24)/t15-/m1/s1. The van der Waals surface area contributed by atoms with Crippen LogP contribution < -0.4 is 5.48 Å². The van der Waals surface area contributed by atoms with Gasteiger partial charge in [0.15, 0.2) is 0 Å². The number of nitrogens with one attached hydrogen (secondary N) is 1. The molecule has 2 N–H and O–H groups in total. The molecule has 9 nitrogen and oxygen atoms in total. The van der Waals surface area contributed by atoms with Crippen LogP contribution in [0.3, 0.4) is 0 Å². The molecule has 1 aromatic rings. The van der Waals surface area contributed by atoms with E-state index in [0.29, 0.717) is 32.7 Å². The van der Waals surface area contributed by atoms with Crippen LogP contribution in [0, 0.1) is 5.92 Å². The van der Waals surface area contributed by atoms with E-state index in [1.54, 1.807) is 10.4 Å². The molecule has 2 amide bonds. The highest BCUT2D eigenvalue weighted by molar-refractivity contribution is 5.90. The van der Waals surface area contributed by atoms with Crippen LogP contribution in [0.2, 0.25) is 0 Å². The van der Waals surface area contributed by atoms with Gasteiger partial charge < -0.3 is 14.2 Å². The first kappa shape index (κ1) is 20.7. The lowest BCUT2D eigenvalue weighted by molar-refractivity contribution is -0.129. The molecule has 1 saturated heterocycles. The lowest BCUT2D eigenvalue weighted by Gasteiger charge is -2.25. The van der Waals surface area contributed by atoms with E-state index in [4.69, 9.17) is 14.5 Å². The zero-order valence-electron chi connectivity index (χ0n) is 16.3. The van der Waals surface area contributed by atoms with Crippen molar-refractivity contribution in [2.75, 3.05) is 26.3 Å². The van der Waals surface area contributed by atoms with Gasteiger partial charge in [-0.15, -0.1) is 0 Å². The summed E-state index contributed by atoms with van der Waals surface area (Å²) in [5, 5.41) is 12.7. The Morgan fingerprint density at radius 2 is 1.96 bits per heavy atom. The predicted molar refractivity (Wildman–Crippen MR) is 98.7 cm³/mol. The molecular weight excluding hydrogens is 364 g/mol. The third-order valence-electron chi connectivity index (χ3n) is 5.73. The van der Waals surface area contributed by atoms with Gasteiger partial charge in [-0.3, -0.25) is 14.8 Å². The van der Waals surface area contributed by atoms with Crippen LogP contribution in [0.15, 0.2) is 4.52 Å². The predicted octanol–water partition coefficient (Wildman–Crippen LogP) is 2.27. The van der Waals surface area contributed by atoms with Gasteiger partial charge in [-0.2, -0.15) is 4.98 Å². The van der Waals surface area contributed by atoms with Gasteiger partial charge in [0.25, 0.3) is 11.7 Å². The second kappa shape index (κ2) is 10.5. The molecule has 0 unspecified atom stereocenters. The molecule has 28 heavy (non-hydrogen) atoms. The van der Waals surface area contributed by atoms with Crippen molar-refractivity contribution >= 4 is 11.8 Å². The van der Waals surface area contributed by atoms with Gasteiger partial charge in [-0.1, -0.05) is 50.1 Å². The highest BCUT2D eigenvalue weighted by Crippen LogP contribution is 2.31. The maximum Gasteiger partial charge on any atom is 0.295 e. The van der Waals surface area contributed by atoms with Gasteiger partial charge in [-0.25, -0.2) is 5.48 Å². The van der Waals surface area contributed by atoms with E-state index >= 15 is 0 Å². The number of hydrogen-bond acceptors (Lipinski definition) is 7. The molecule has 1 aliphatic heterocycles. The molecule has 9 heteroatoms. The Morgan fingerprint density at radius 3 is 2.68 bits per heavy atom. The Bertz CT molecular complexity index is 638. The average molecular weight is 394 g/mol. The molecule has 3 rings (SSSR count). The maximum absolute atomic E-state index is 12.5. The van der Waals surface area contributed by atoms with E-state index in [1.807, 2.05) is 0 Å². The number of ether oxygens (including phenoxy) is 1. The molecule has 156 valence electrons. The van der Waals surface area contributed by atoms with Gasteiger partial charge in [0.2, 0.25) is 11.8 Å². The lowest BCUT2D eigenvalue weighted by atomic mass is 9.84. The second-order valence-corrected chi connectivity index (χ2v) is 7.73. The van der Waals surface area contributed by atoms with Crippen molar-refractivity contribution in [1.29, 1.82) is 0 Å². The summed E-state index contributed by atoms with van der Waals surface area (Å²) in [6, 6.07) is 0. The lowest BCUT2D eigenvalue weighted by Crippen LogP contribution is -2.41. The van der Waals surface area contributed by atoms with Crippen molar-refractivity contribution in [1.82, 2.24) is 20.5 Å². The largest absolute Gasteiger partial charge is 0.378 e. The molecule has 0 aromatic carbocycles. The fourth-order valence-corrected chi connectivity index (χ4v) is 4.11. The summed E-state index contributed by atoms with van der Waals surface area (Å²) in [5.74, 6) is -0.0491. The van der Waals surface area contributed by atoms with Crippen LogP contribution in [-0.2, 0) is 9.53 Å². The summed E-state index contributed by atoms with van der Waals surface area (Å²) in [4.78, 5) is 30.1. The first-order chi connectivity index (χ1) is 13.7. The Kier molecular flexibility index (Phi) is 7.79. The van der Waals surface area contributed by atoms with E-state index in [1.165, 1.54) is 32.1 Å². The monoisotopic (exact) mass is 394 g/mol. The third kappa shape index (κ3) is 5.75. The summed E-state index contributed by atoms with van der Waals surface area (Å²) in [6.45, 7) is 1.99. The van der Waals surface area contributed by atoms with Crippen LogP contribution in [0.1, 0.15) is 80.2 Å². The zero-order chi connectivity index (χ0) is 19.8. The average Bonchev–Trinajstić information content (AvgIpc) is 3.24. The van der Waals surface area contributed by atoms with E-state index in [-0.39, 0.29) is 30.0 Å². The molecule has 1 saturated carbocycles. The number of morpholine rings is 1. The minimum Gasteiger partial charge on any atom is -0.378 e. The minimum atomic E-state index is -0.498. The normalized spacial score (nSPS) is 19.4. The number of hydroxylamine groups is 1. The van der Waals surface area contributed by atoms with Crippen LogP contribution in [0.25, 0.3) is 0 Å². The van der Waals surface area contributed by atoms with Crippen molar-refractivity contribution in [3.05, 3.63) is 11.7 Å². The van der Waals surface area contributed by atoms with E-state index in [2.05, 4.69) is 10.1 Å². The number of carbonyl (C=O) groups excluding carboxylic acids is 2. The number of aromatic nitrogens is 2. The van der Waals surface area contributed by atoms with Gasteiger partial charge in [0.1, 0.15) is 0 Å². The first-order valence-electron chi connectivity index (χ1n) is 10.3. The Morgan fingerprint density at radius 1 is 1.21 bits per heavy atom. The SMILES string of the molecule is O=C(C[C@@H](CCCC1CCCCC1)c1nc(C(=O)N2CCOCC2)no1)NO. The van der Waals surface area contributed by atoms with Crippen LogP contribution in [-0.4, -0.2) is 58.4 Å². The van der Waals surface area contributed by atoms with E-state index in [9.17, 15) is 9.59 Å².